The van der Waals surface area contributed by atoms with E-state index < -0.39 is 55.6 Å². The normalized spacial score (nSPS) is 24.8. The Balaban J connectivity index is 1.98. The monoisotopic (exact) mass is 648 g/mol. The lowest BCUT2D eigenvalue weighted by Crippen LogP contribution is -2.60. The summed E-state index contributed by atoms with van der Waals surface area (Å²) in [5.74, 6) is 0.399. The molecule has 9 atom stereocenters. The van der Waals surface area contributed by atoms with E-state index in [0.717, 1.165) is 77.0 Å². The second kappa shape index (κ2) is 26.3. The van der Waals surface area contributed by atoms with Crippen LogP contribution in [0.25, 0.3) is 0 Å². The first kappa shape index (κ1) is 42.3. The molecular weight excluding hydrogens is 580 g/mol. The van der Waals surface area contributed by atoms with Crippen LogP contribution in [-0.2, 0) is 14.3 Å². The first-order valence-corrected chi connectivity index (χ1v) is 17.9. The lowest BCUT2D eigenvalue weighted by molar-refractivity contribution is -0.313. The lowest BCUT2D eigenvalue weighted by atomic mass is 9.98. The van der Waals surface area contributed by atoms with Crippen LogP contribution in [0.1, 0.15) is 142 Å². The van der Waals surface area contributed by atoms with Gasteiger partial charge in [-0.05, 0) is 32.6 Å². The summed E-state index contributed by atoms with van der Waals surface area (Å²) in [6.07, 6.45) is 13.8. The van der Waals surface area contributed by atoms with Crippen LogP contribution in [0.3, 0.4) is 0 Å². The molecule has 0 bridgehead atoms. The smallest absolute Gasteiger partial charge is 0.187 e. The number of Topliss-reactive ketones (excluding diaryl/α,β-unsaturated/α-hetero) is 1. The summed E-state index contributed by atoms with van der Waals surface area (Å²) >= 11 is 0. The highest BCUT2D eigenvalue weighted by Crippen LogP contribution is 2.25. The fraction of sp³-hybridized carbons (Fsp3) is 0.971. The topological polar surface area (TPSA) is 209 Å². The highest BCUT2D eigenvalue weighted by Gasteiger charge is 2.45. The second-order valence-corrected chi connectivity index (χ2v) is 13.3. The van der Waals surface area contributed by atoms with Gasteiger partial charge in [0.2, 0.25) is 0 Å². The van der Waals surface area contributed by atoms with Gasteiger partial charge in [-0.25, -0.2) is 0 Å². The standard InChI is InChI=1S/C34H68N2O9/c1-25(35)28(40)21-17-13-10-12-16-20-26(39)19-15-11-8-6-4-2-3-5-7-9-14-18-22-29(27(36)23-37)44-34-33(43)32(42)31(41)30(24-38)45-34/h25,27-34,37-38,40-43H,2-24,35-36H2,1H3/t25-,27-,28-,29-,30-,31+,32+,33-,34-/m1/s1. The molecule has 0 aliphatic carbocycles. The van der Waals surface area contributed by atoms with Crippen molar-refractivity contribution in [3.05, 3.63) is 0 Å². The van der Waals surface area contributed by atoms with Crippen molar-refractivity contribution in [2.24, 2.45) is 11.5 Å². The zero-order valence-corrected chi connectivity index (χ0v) is 28.0. The average molecular weight is 649 g/mol. The van der Waals surface area contributed by atoms with Crippen LogP contribution in [0, 0.1) is 0 Å². The van der Waals surface area contributed by atoms with Gasteiger partial charge in [-0.15, -0.1) is 0 Å². The Kier molecular flexibility index (Phi) is 24.7. The molecule has 11 heteroatoms. The van der Waals surface area contributed by atoms with Crippen molar-refractivity contribution in [2.75, 3.05) is 13.2 Å². The van der Waals surface area contributed by atoms with Gasteiger partial charge in [0.25, 0.3) is 0 Å². The van der Waals surface area contributed by atoms with E-state index in [1.54, 1.807) is 0 Å². The Hall–Kier alpha value is -0.730. The Labute approximate surface area is 272 Å². The number of aliphatic hydroxyl groups excluding tert-OH is 6. The summed E-state index contributed by atoms with van der Waals surface area (Å²) in [5.41, 5.74) is 11.7. The van der Waals surface area contributed by atoms with E-state index in [1.807, 2.05) is 6.92 Å². The predicted octanol–water partition coefficient (Wildman–Crippen LogP) is 2.96. The molecule has 0 aromatic rings. The third-order valence-corrected chi connectivity index (χ3v) is 9.10. The number of nitrogens with two attached hydrogens (primary N) is 2. The molecule has 1 rings (SSSR count). The number of hydrogen-bond acceptors (Lipinski definition) is 11. The third kappa shape index (κ3) is 19.0. The Bertz CT molecular complexity index is 715. The van der Waals surface area contributed by atoms with Crippen LogP contribution in [-0.4, -0.2) is 105 Å². The SMILES string of the molecule is C[C@@H](N)[C@H](O)CCCCCCCC(=O)CCCCCCCCCCCCCC[C@@H](O[C@@H]1O[C@H](CO)[C@H](O)[C@H](O)[C@H]1O)[C@H](N)CO. The Morgan fingerprint density at radius 3 is 1.58 bits per heavy atom. The number of aliphatic hydroxyl groups is 6. The van der Waals surface area contributed by atoms with Gasteiger partial charge in [0.1, 0.15) is 30.2 Å². The Morgan fingerprint density at radius 2 is 1.13 bits per heavy atom. The molecule has 0 saturated carbocycles. The number of carbonyl (C=O) groups is 1. The molecule has 0 amide bonds. The van der Waals surface area contributed by atoms with Crippen molar-refractivity contribution in [1.82, 2.24) is 0 Å². The van der Waals surface area contributed by atoms with Crippen molar-refractivity contribution in [3.8, 4) is 0 Å². The molecule has 0 radical (unpaired) electrons. The maximum atomic E-state index is 12.1. The maximum Gasteiger partial charge on any atom is 0.187 e. The van der Waals surface area contributed by atoms with E-state index in [4.69, 9.17) is 20.9 Å². The largest absolute Gasteiger partial charge is 0.395 e. The summed E-state index contributed by atoms with van der Waals surface area (Å²) in [6, 6.07) is -0.846. The van der Waals surface area contributed by atoms with Crippen molar-refractivity contribution in [1.29, 1.82) is 0 Å². The molecular formula is C34H68N2O9. The summed E-state index contributed by atoms with van der Waals surface area (Å²) in [7, 11) is 0. The van der Waals surface area contributed by atoms with Gasteiger partial charge in [0.05, 0.1) is 31.5 Å². The molecule has 1 heterocycles. The van der Waals surface area contributed by atoms with E-state index in [2.05, 4.69) is 0 Å². The summed E-state index contributed by atoms with van der Waals surface area (Å²) in [5, 5.41) is 58.8. The van der Waals surface area contributed by atoms with E-state index in [1.165, 1.54) is 38.5 Å². The van der Waals surface area contributed by atoms with Crippen molar-refractivity contribution in [3.63, 3.8) is 0 Å². The van der Waals surface area contributed by atoms with Crippen molar-refractivity contribution in [2.45, 2.75) is 197 Å². The van der Waals surface area contributed by atoms with Crippen molar-refractivity contribution >= 4 is 5.78 Å². The summed E-state index contributed by atoms with van der Waals surface area (Å²) in [6.45, 7) is 1.00. The Morgan fingerprint density at radius 1 is 0.689 bits per heavy atom. The zero-order valence-electron chi connectivity index (χ0n) is 28.0. The van der Waals surface area contributed by atoms with Crippen LogP contribution in [0.2, 0.25) is 0 Å². The molecule has 45 heavy (non-hydrogen) atoms. The lowest BCUT2D eigenvalue weighted by Gasteiger charge is -2.41. The van der Waals surface area contributed by atoms with E-state index in [9.17, 15) is 35.4 Å². The van der Waals surface area contributed by atoms with Crippen LogP contribution in [0.15, 0.2) is 0 Å². The number of carbonyl (C=O) groups excluding carboxylic acids is 1. The number of rotatable bonds is 29. The fourth-order valence-electron chi connectivity index (χ4n) is 5.88. The van der Waals surface area contributed by atoms with Crippen LogP contribution < -0.4 is 11.5 Å². The van der Waals surface area contributed by atoms with E-state index in [-0.39, 0.29) is 12.6 Å². The number of ketones is 1. The number of hydrogen-bond donors (Lipinski definition) is 8. The molecule has 11 nitrogen and oxygen atoms in total. The molecule has 268 valence electrons. The minimum Gasteiger partial charge on any atom is -0.395 e. The quantitative estimate of drug-likeness (QED) is 0.0553. The minimum atomic E-state index is -1.52. The van der Waals surface area contributed by atoms with Gasteiger partial charge in [-0.3, -0.25) is 4.79 Å². The fourth-order valence-corrected chi connectivity index (χ4v) is 5.88. The second-order valence-electron chi connectivity index (χ2n) is 13.3. The van der Waals surface area contributed by atoms with Gasteiger partial charge in [-0.2, -0.15) is 0 Å². The minimum absolute atomic E-state index is 0.162. The highest BCUT2D eigenvalue weighted by atomic mass is 16.7. The van der Waals surface area contributed by atoms with Gasteiger partial charge < -0.3 is 51.6 Å². The molecule has 0 aromatic carbocycles. The van der Waals surface area contributed by atoms with Gasteiger partial charge >= 0.3 is 0 Å². The molecule has 10 N–H and O–H groups in total. The zero-order chi connectivity index (χ0) is 33.5. The van der Waals surface area contributed by atoms with E-state index in [0.29, 0.717) is 25.0 Å². The first-order valence-electron chi connectivity index (χ1n) is 17.9. The summed E-state index contributed by atoms with van der Waals surface area (Å²) in [4.78, 5) is 12.1. The van der Waals surface area contributed by atoms with Gasteiger partial charge in [0, 0.05) is 18.9 Å². The first-order chi connectivity index (χ1) is 21.6. The summed E-state index contributed by atoms with van der Waals surface area (Å²) < 4.78 is 11.2. The van der Waals surface area contributed by atoms with Gasteiger partial charge in [0.15, 0.2) is 6.29 Å². The molecule has 1 aliphatic rings. The maximum absolute atomic E-state index is 12.1. The van der Waals surface area contributed by atoms with Crippen LogP contribution >= 0.6 is 0 Å². The van der Waals surface area contributed by atoms with Crippen LogP contribution in [0.4, 0.5) is 0 Å². The molecule has 0 aromatic heterocycles. The average Bonchev–Trinajstić information content (AvgIpc) is 3.03. The van der Waals surface area contributed by atoms with Crippen molar-refractivity contribution < 1.29 is 44.9 Å². The molecule has 1 fully saturated rings. The molecule has 0 spiro atoms. The number of unbranched alkanes of at least 4 members (excludes halogenated alkanes) is 15. The molecule has 1 aliphatic heterocycles. The highest BCUT2D eigenvalue weighted by molar-refractivity contribution is 5.78. The van der Waals surface area contributed by atoms with Gasteiger partial charge in [-0.1, -0.05) is 96.3 Å². The molecule has 1 saturated heterocycles. The molecule has 0 unspecified atom stereocenters. The third-order valence-electron chi connectivity index (χ3n) is 9.10. The van der Waals surface area contributed by atoms with Crippen LogP contribution in [0.5, 0.6) is 0 Å². The van der Waals surface area contributed by atoms with E-state index >= 15 is 0 Å². The number of ether oxygens (including phenoxy) is 2. The predicted molar refractivity (Wildman–Crippen MR) is 175 cm³/mol.